The fourth-order valence-corrected chi connectivity index (χ4v) is 3.05. The third-order valence-corrected chi connectivity index (χ3v) is 4.56. The smallest absolute Gasteiger partial charge is 0.266 e. The Kier molecular flexibility index (Phi) is 4.11. The highest BCUT2D eigenvalue weighted by Gasteiger charge is 2.17. The zero-order valence-corrected chi connectivity index (χ0v) is 13.3. The Labute approximate surface area is 133 Å². The van der Waals surface area contributed by atoms with Crippen molar-refractivity contribution in [3.8, 4) is 0 Å². The second kappa shape index (κ2) is 6.21. The second-order valence-corrected chi connectivity index (χ2v) is 6.71. The fourth-order valence-electron chi connectivity index (χ4n) is 2.07. The van der Waals surface area contributed by atoms with Crippen molar-refractivity contribution in [2.24, 2.45) is 7.05 Å². The van der Waals surface area contributed by atoms with Crippen LogP contribution in [0.4, 0.5) is 5.82 Å². The van der Waals surface area contributed by atoms with Gasteiger partial charge in [0, 0.05) is 44.4 Å². The molecule has 3 aromatic rings. The molecule has 0 aromatic carbocycles. The van der Waals surface area contributed by atoms with E-state index in [9.17, 15) is 8.42 Å². The molecule has 120 valence electrons. The summed E-state index contributed by atoms with van der Waals surface area (Å²) in [5.74, 6) is 0.281. The van der Waals surface area contributed by atoms with Crippen LogP contribution in [0.15, 0.2) is 54.1 Å². The Hall–Kier alpha value is -2.68. The SMILES string of the molecule is Cn1cc(S(=O)(=O)Nc2ccn(CCc3ccncc3)n2)cn1. The van der Waals surface area contributed by atoms with Gasteiger partial charge in [0.1, 0.15) is 4.90 Å². The van der Waals surface area contributed by atoms with Gasteiger partial charge in [-0.3, -0.25) is 19.1 Å². The third kappa shape index (κ3) is 3.75. The average Bonchev–Trinajstić information content (AvgIpc) is 3.15. The number of aromatic nitrogens is 5. The van der Waals surface area contributed by atoms with E-state index in [0.717, 1.165) is 12.0 Å². The first kappa shape index (κ1) is 15.2. The fraction of sp³-hybridized carbons (Fsp3) is 0.214. The van der Waals surface area contributed by atoms with Crippen molar-refractivity contribution in [2.45, 2.75) is 17.9 Å². The van der Waals surface area contributed by atoms with Gasteiger partial charge in [0.05, 0.1) is 6.20 Å². The molecule has 0 unspecified atom stereocenters. The van der Waals surface area contributed by atoms with Gasteiger partial charge >= 0.3 is 0 Å². The average molecular weight is 332 g/mol. The number of rotatable bonds is 6. The molecular formula is C14H16N6O2S. The zero-order chi connectivity index (χ0) is 16.3. The number of hydrogen-bond donors (Lipinski definition) is 1. The van der Waals surface area contributed by atoms with Gasteiger partial charge < -0.3 is 0 Å². The van der Waals surface area contributed by atoms with Gasteiger partial charge in [-0.1, -0.05) is 0 Å². The van der Waals surface area contributed by atoms with E-state index < -0.39 is 10.0 Å². The summed E-state index contributed by atoms with van der Waals surface area (Å²) in [6.45, 7) is 0.651. The molecule has 3 aromatic heterocycles. The molecule has 0 saturated heterocycles. The van der Waals surface area contributed by atoms with Crippen molar-refractivity contribution in [1.29, 1.82) is 0 Å². The summed E-state index contributed by atoms with van der Waals surface area (Å²) >= 11 is 0. The lowest BCUT2D eigenvalue weighted by atomic mass is 10.2. The van der Waals surface area contributed by atoms with Crippen LogP contribution in [-0.2, 0) is 30.0 Å². The van der Waals surface area contributed by atoms with Crippen LogP contribution in [0, 0.1) is 0 Å². The Morgan fingerprint density at radius 1 is 1.22 bits per heavy atom. The first-order valence-corrected chi connectivity index (χ1v) is 8.45. The molecule has 0 aliphatic heterocycles. The maximum Gasteiger partial charge on any atom is 0.266 e. The van der Waals surface area contributed by atoms with Gasteiger partial charge in [-0.25, -0.2) is 8.42 Å². The monoisotopic (exact) mass is 332 g/mol. The largest absolute Gasteiger partial charge is 0.274 e. The van der Waals surface area contributed by atoms with Crippen LogP contribution < -0.4 is 4.72 Å². The number of hydrogen-bond acceptors (Lipinski definition) is 5. The summed E-state index contributed by atoms with van der Waals surface area (Å²) in [5.41, 5.74) is 1.15. The highest BCUT2D eigenvalue weighted by Crippen LogP contribution is 2.13. The lowest BCUT2D eigenvalue weighted by Crippen LogP contribution is -2.13. The van der Waals surface area contributed by atoms with E-state index in [1.807, 2.05) is 12.1 Å². The van der Waals surface area contributed by atoms with E-state index in [1.165, 1.54) is 17.1 Å². The Morgan fingerprint density at radius 3 is 2.70 bits per heavy atom. The van der Waals surface area contributed by atoms with Crippen LogP contribution in [0.25, 0.3) is 0 Å². The van der Waals surface area contributed by atoms with Crippen molar-refractivity contribution in [1.82, 2.24) is 24.5 Å². The molecule has 0 fully saturated rings. The molecule has 3 heterocycles. The Bertz CT molecular complexity index is 885. The van der Waals surface area contributed by atoms with E-state index in [-0.39, 0.29) is 10.7 Å². The summed E-state index contributed by atoms with van der Waals surface area (Å²) in [4.78, 5) is 4.07. The predicted octanol–water partition coefficient (Wildman–Crippen LogP) is 1.06. The summed E-state index contributed by atoms with van der Waals surface area (Å²) in [6.07, 6.45) is 8.74. The van der Waals surface area contributed by atoms with Crippen LogP contribution in [-0.4, -0.2) is 33.0 Å². The molecule has 1 N–H and O–H groups in total. The van der Waals surface area contributed by atoms with Gasteiger partial charge in [0.15, 0.2) is 5.82 Å². The summed E-state index contributed by atoms with van der Waals surface area (Å²) < 4.78 is 29.9. The zero-order valence-electron chi connectivity index (χ0n) is 12.5. The maximum absolute atomic E-state index is 12.2. The highest BCUT2D eigenvalue weighted by atomic mass is 32.2. The molecule has 3 rings (SSSR count). The molecule has 0 bridgehead atoms. The van der Waals surface area contributed by atoms with Crippen molar-refractivity contribution >= 4 is 15.8 Å². The summed E-state index contributed by atoms with van der Waals surface area (Å²) in [7, 11) is -2.00. The number of sulfonamides is 1. The Morgan fingerprint density at radius 2 is 2.00 bits per heavy atom. The second-order valence-electron chi connectivity index (χ2n) is 5.02. The first-order valence-electron chi connectivity index (χ1n) is 6.97. The van der Waals surface area contributed by atoms with E-state index in [1.54, 1.807) is 36.4 Å². The lowest BCUT2D eigenvalue weighted by molar-refractivity contribution is 0.599. The summed E-state index contributed by atoms with van der Waals surface area (Å²) in [6, 6.07) is 5.51. The number of nitrogens with zero attached hydrogens (tertiary/aromatic N) is 5. The highest BCUT2D eigenvalue weighted by molar-refractivity contribution is 7.92. The van der Waals surface area contributed by atoms with Crippen LogP contribution in [0.2, 0.25) is 0 Å². The minimum atomic E-state index is -3.66. The molecule has 0 radical (unpaired) electrons. The molecule has 0 saturated carbocycles. The Balaban J connectivity index is 1.65. The quantitative estimate of drug-likeness (QED) is 0.728. The number of anilines is 1. The molecular weight excluding hydrogens is 316 g/mol. The van der Waals surface area contributed by atoms with Crippen LogP contribution in [0.5, 0.6) is 0 Å². The first-order chi connectivity index (χ1) is 11.0. The van der Waals surface area contributed by atoms with Crippen LogP contribution >= 0.6 is 0 Å². The summed E-state index contributed by atoms with van der Waals surface area (Å²) in [5, 5.41) is 8.09. The molecule has 8 nitrogen and oxygen atoms in total. The van der Waals surface area contributed by atoms with E-state index in [0.29, 0.717) is 6.54 Å². The normalized spacial score (nSPS) is 11.5. The van der Waals surface area contributed by atoms with Crippen molar-refractivity contribution in [3.05, 3.63) is 54.7 Å². The van der Waals surface area contributed by atoms with Crippen molar-refractivity contribution < 1.29 is 8.42 Å². The maximum atomic E-state index is 12.2. The standard InChI is InChI=1S/C14H16N6O2S/c1-19-11-13(10-16-19)23(21,22)18-14-5-9-20(17-14)8-4-12-2-6-15-7-3-12/h2-3,5-7,9-11H,4,8H2,1H3,(H,17,18). The van der Waals surface area contributed by atoms with Gasteiger partial charge in [-0.05, 0) is 24.1 Å². The minimum absolute atomic E-state index is 0.103. The third-order valence-electron chi connectivity index (χ3n) is 3.25. The molecule has 0 aliphatic rings. The molecule has 0 aliphatic carbocycles. The topological polar surface area (TPSA) is 94.7 Å². The van der Waals surface area contributed by atoms with E-state index in [2.05, 4.69) is 19.9 Å². The number of nitrogens with one attached hydrogen (secondary N) is 1. The minimum Gasteiger partial charge on any atom is -0.274 e. The molecule has 23 heavy (non-hydrogen) atoms. The molecule has 0 atom stereocenters. The molecule has 9 heteroatoms. The predicted molar refractivity (Wildman–Crippen MR) is 84.2 cm³/mol. The van der Waals surface area contributed by atoms with Crippen molar-refractivity contribution in [2.75, 3.05) is 4.72 Å². The molecule has 0 spiro atoms. The van der Waals surface area contributed by atoms with Crippen LogP contribution in [0.3, 0.4) is 0 Å². The van der Waals surface area contributed by atoms with Gasteiger partial charge in [-0.2, -0.15) is 10.2 Å². The number of aryl methyl sites for hydroxylation is 3. The van der Waals surface area contributed by atoms with E-state index >= 15 is 0 Å². The number of pyridine rings is 1. The van der Waals surface area contributed by atoms with Crippen LogP contribution in [0.1, 0.15) is 5.56 Å². The molecule has 0 amide bonds. The van der Waals surface area contributed by atoms with E-state index in [4.69, 9.17) is 0 Å². The van der Waals surface area contributed by atoms with Crippen molar-refractivity contribution in [3.63, 3.8) is 0 Å². The van der Waals surface area contributed by atoms with Gasteiger partial charge in [0.2, 0.25) is 0 Å². The van der Waals surface area contributed by atoms with Gasteiger partial charge in [0.25, 0.3) is 10.0 Å². The van der Waals surface area contributed by atoms with Gasteiger partial charge in [-0.15, -0.1) is 0 Å². The lowest BCUT2D eigenvalue weighted by Gasteiger charge is -2.03.